The van der Waals surface area contributed by atoms with Gasteiger partial charge < -0.3 is 10.2 Å². The van der Waals surface area contributed by atoms with Crippen molar-refractivity contribution in [1.82, 2.24) is 10.2 Å². The summed E-state index contributed by atoms with van der Waals surface area (Å²) in [6.45, 7) is 3.91. The lowest BCUT2D eigenvalue weighted by molar-refractivity contribution is -0.136. The summed E-state index contributed by atoms with van der Waals surface area (Å²) in [5, 5.41) is 2.65. The fourth-order valence-electron chi connectivity index (χ4n) is 1.75. The Balaban J connectivity index is 2.91. The van der Waals surface area contributed by atoms with E-state index in [1.54, 1.807) is 26.0 Å². The third-order valence-corrected chi connectivity index (χ3v) is 3.13. The molecule has 1 rings (SSSR count). The second-order valence-electron chi connectivity index (χ2n) is 4.61. The van der Waals surface area contributed by atoms with E-state index in [9.17, 15) is 14.4 Å². The van der Waals surface area contributed by atoms with Crippen LogP contribution in [0.5, 0.6) is 0 Å². The molecule has 5 heteroatoms. The number of carbonyl (C=O) groups is 3. The van der Waals surface area contributed by atoms with Gasteiger partial charge in [-0.25, -0.2) is 0 Å². The molecule has 0 saturated heterocycles. The first-order chi connectivity index (χ1) is 10.0. The molecule has 2 amide bonds. The van der Waals surface area contributed by atoms with E-state index in [1.807, 2.05) is 18.2 Å². The van der Waals surface area contributed by atoms with Crippen molar-refractivity contribution in [2.24, 2.45) is 0 Å². The third kappa shape index (κ3) is 4.56. The van der Waals surface area contributed by atoms with Crippen LogP contribution in [0.3, 0.4) is 0 Å². The predicted octanol–water partition coefficient (Wildman–Crippen LogP) is 1.25. The summed E-state index contributed by atoms with van der Waals surface area (Å²) >= 11 is 0. The van der Waals surface area contributed by atoms with Crippen LogP contribution in [0.1, 0.15) is 19.4 Å². The standard InChI is InChI=1S/C16H20N2O3/c1-4-17-15(20)12(2)18(3)16(21)14(11-19)10-13-8-6-5-7-9-13/h5-12H,4H2,1-3H3,(H,17,20). The van der Waals surface area contributed by atoms with Gasteiger partial charge in [-0.2, -0.15) is 0 Å². The van der Waals surface area contributed by atoms with E-state index < -0.39 is 11.9 Å². The number of nitrogens with zero attached hydrogens (tertiary/aromatic N) is 1. The fourth-order valence-corrected chi connectivity index (χ4v) is 1.75. The molecule has 1 N–H and O–H groups in total. The van der Waals surface area contributed by atoms with Crippen molar-refractivity contribution in [3.8, 4) is 0 Å². The smallest absolute Gasteiger partial charge is 0.257 e. The number of benzene rings is 1. The molecule has 0 radical (unpaired) electrons. The summed E-state index contributed by atoms with van der Waals surface area (Å²) in [5.41, 5.74) is 0.770. The number of likely N-dealkylation sites (N-methyl/N-ethyl adjacent to an activating group) is 2. The van der Waals surface area contributed by atoms with Crippen molar-refractivity contribution in [2.75, 3.05) is 13.6 Å². The largest absolute Gasteiger partial charge is 0.355 e. The minimum Gasteiger partial charge on any atom is -0.355 e. The minimum absolute atomic E-state index is 0.0137. The molecule has 1 atom stereocenters. The first-order valence-electron chi connectivity index (χ1n) is 6.78. The maximum atomic E-state index is 12.3. The lowest BCUT2D eigenvalue weighted by atomic mass is 10.1. The highest BCUT2D eigenvalue weighted by molar-refractivity contribution is 6.15. The number of hydrogen-bond acceptors (Lipinski definition) is 3. The zero-order chi connectivity index (χ0) is 15.8. The Kier molecular flexibility index (Phi) is 6.33. The minimum atomic E-state index is -0.642. The SMILES string of the molecule is CCNC(=O)C(C)N(C)C(=O)C(C=O)=Cc1ccccc1. The van der Waals surface area contributed by atoms with Crippen molar-refractivity contribution in [2.45, 2.75) is 19.9 Å². The molecule has 0 spiro atoms. The second-order valence-corrected chi connectivity index (χ2v) is 4.61. The fraction of sp³-hybridized carbons (Fsp3) is 0.312. The van der Waals surface area contributed by atoms with Gasteiger partial charge in [0.1, 0.15) is 6.04 Å². The first kappa shape index (κ1) is 16.6. The van der Waals surface area contributed by atoms with Gasteiger partial charge in [0.25, 0.3) is 5.91 Å². The summed E-state index contributed by atoms with van der Waals surface area (Å²) in [5.74, 6) is -0.731. The number of aldehydes is 1. The van der Waals surface area contributed by atoms with Gasteiger partial charge in [0, 0.05) is 13.6 Å². The van der Waals surface area contributed by atoms with Crippen LogP contribution in [-0.2, 0) is 14.4 Å². The molecule has 0 fully saturated rings. The van der Waals surface area contributed by atoms with Crippen LogP contribution in [0.4, 0.5) is 0 Å². The lowest BCUT2D eigenvalue weighted by Gasteiger charge is -2.23. The van der Waals surface area contributed by atoms with Gasteiger partial charge in [-0.3, -0.25) is 14.4 Å². The van der Waals surface area contributed by atoms with Crippen molar-refractivity contribution in [3.63, 3.8) is 0 Å². The molecule has 0 aliphatic rings. The summed E-state index contributed by atoms with van der Waals surface area (Å²) in [4.78, 5) is 36.4. The van der Waals surface area contributed by atoms with Gasteiger partial charge in [-0.1, -0.05) is 30.3 Å². The van der Waals surface area contributed by atoms with Gasteiger partial charge in [0.05, 0.1) is 5.57 Å². The molecule has 1 unspecified atom stereocenters. The Morgan fingerprint density at radius 2 is 1.90 bits per heavy atom. The molecule has 21 heavy (non-hydrogen) atoms. The highest BCUT2D eigenvalue weighted by Gasteiger charge is 2.24. The Labute approximate surface area is 124 Å². The van der Waals surface area contributed by atoms with E-state index in [-0.39, 0.29) is 11.5 Å². The van der Waals surface area contributed by atoms with Crippen LogP contribution in [0.2, 0.25) is 0 Å². The van der Waals surface area contributed by atoms with Gasteiger partial charge in [0.15, 0.2) is 6.29 Å². The Morgan fingerprint density at radius 3 is 2.43 bits per heavy atom. The van der Waals surface area contributed by atoms with Crippen LogP contribution in [0.15, 0.2) is 35.9 Å². The van der Waals surface area contributed by atoms with Crippen LogP contribution >= 0.6 is 0 Å². The van der Waals surface area contributed by atoms with Gasteiger partial charge in [-0.15, -0.1) is 0 Å². The summed E-state index contributed by atoms with van der Waals surface area (Å²) in [6, 6.07) is 8.44. The lowest BCUT2D eigenvalue weighted by Crippen LogP contribution is -2.46. The molecule has 0 aliphatic heterocycles. The summed E-state index contributed by atoms with van der Waals surface area (Å²) in [7, 11) is 1.50. The van der Waals surface area contributed by atoms with E-state index in [0.29, 0.717) is 12.8 Å². The number of hydrogen-bond donors (Lipinski definition) is 1. The Hall–Kier alpha value is -2.43. The van der Waals surface area contributed by atoms with Crippen LogP contribution in [-0.4, -0.2) is 42.6 Å². The Bertz CT molecular complexity index is 538. The molecule has 0 heterocycles. The normalized spacial score (nSPS) is 12.4. The molecule has 1 aromatic rings. The quantitative estimate of drug-likeness (QED) is 0.371. The van der Waals surface area contributed by atoms with Crippen molar-refractivity contribution < 1.29 is 14.4 Å². The molecule has 0 aliphatic carbocycles. The van der Waals surface area contributed by atoms with E-state index in [2.05, 4.69) is 5.32 Å². The summed E-state index contributed by atoms with van der Waals surface area (Å²) in [6.07, 6.45) is 2.02. The monoisotopic (exact) mass is 288 g/mol. The van der Waals surface area contributed by atoms with Crippen molar-refractivity contribution >= 4 is 24.2 Å². The summed E-state index contributed by atoms with van der Waals surface area (Å²) < 4.78 is 0. The maximum Gasteiger partial charge on any atom is 0.257 e. The maximum absolute atomic E-state index is 12.3. The first-order valence-corrected chi connectivity index (χ1v) is 6.78. The molecule has 112 valence electrons. The van der Waals surface area contributed by atoms with Gasteiger partial charge >= 0.3 is 0 Å². The van der Waals surface area contributed by atoms with Crippen LogP contribution < -0.4 is 5.32 Å². The number of carbonyl (C=O) groups excluding carboxylic acids is 3. The second kappa shape index (κ2) is 7.99. The average molecular weight is 288 g/mol. The Morgan fingerprint density at radius 1 is 1.29 bits per heavy atom. The van der Waals surface area contributed by atoms with Crippen molar-refractivity contribution in [3.05, 3.63) is 41.5 Å². The molecule has 5 nitrogen and oxygen atoms in total. The van der Waals surface area contributed by atoms with Gasteiger partial charge in [0.2, 0.25) is 5.91 Å². The van der Waals surface area contributed by atoms with E-state index in [1.165, 1.54) is 18.0 Å². The molecule has 1 aromatic carbocycles. The molecule has 0 saturated carbocycles. The van der Waals surface area contributed by atoms with Crippen LogP contribution in [0, 0.1) is 0 Å². The molecule has 0 aromatic heterocycles. The molecular formula is C16H20N2O3. The number of nitrogens with one attached hydrogen (secondary N) is 1. The third-order valence-electron chi connectivity index (χ3n) is 3.13. The van der Waals surface area contributed by atoms with Crippen LogP contribution in [0.25, 0.3) is 6.08 Å². The van der Waals surface area contributed by atoms with E-state index >= 15 is 0 Å². The van der Waals surface area contributed by atoms with Crippen molar-refractivity contribution in [1.29, 1.82) is 0 Å². The van der Waals surface area contributed by atoms with Gasteiger partial charge in [-0.05, 0) is 25.5 Å². The molecule has 0 bridgehead atoms. The zero-order valence-electron chi connectivity index (χ0n) is 12.5. The van der Waals surface area contributed by atoms with E-state index in [4.69, 9.17) is 0 Å². The average Bonchev–Trinajstić information content (AvgIpc) is 2.51. The number of amides is 2. The highest BCUT2D eigenvalue weighted by Crippen LogP contribution is 2.09. The van der Waals surface area contributed by atoms with E-state index in [0.717, 1.165) is 5.56 Å². The predicted molar refractivity (Wildman–Crippen MR) is 81.4 cm³/mol. The molecular weight excluding hydrogens is 268 g/mol. The zero-order valence-corrected chi connectivity index (χ0v) is 12.5. The number of rotatable bonds is 6. The topological polar surface area (TPSA) is 66.5 Å². The highest BCUT2D eigenvalue weighted by atomic mass is 16.2.